The van der Waals surface area contributed by atoms with Crippen molar-refractivity contribution in [2.45, 2.75) is 64.6 Å². The van der Waals surface area contributed by atoms with Gasteiger partial charge in [0.25, 0.3) is 0 Å². The standard InChI is InChI=1S/C13H28N2O/c1-11(2)14-8-5-6-9-15-13(4)7-10-16-12(13)3/h11-12,14-15H,5-10H2,1-4H3. The van der Waals surface area contributed by atoms with Crippen LogP contribution in [-0.4, -0.2) is 37.4 Å². The van der Waals surface area contributed by atoms with Gasteiger partial charge in [-0.05, 0) is 46.2 Å². The number of rotatable bonds is 7. The lowest BCUT2D eigenvalue weighted by molar-refractivity contribution is 0.0887. The van der Waals surface area contributed by atoms with Crippen LogP contribution in [0.3, 0.4) is 0 Å². The SMILES string of the molecule is CC(C)NCCCCNC1(C)CCOC1C. The zero-order valence-electron chi connectivity index (χ0n) is 11.3. The number of ether oxygens (including phenoxy) is 1. The van der Waals surface area contributed by atoms with E-state index in [2.05, 4.69) is 38.3 Å². The Kier molecular flexibility index (Phi) is 5.73. The average Bonchev–Trinajstić information content (AvgIpc) is 2.53. The summed E-state index contributed by atoms with van der Waals surface area (Å²) in [6, 6.07) is 0.605. The van der Waals surface area contributed by atoms with Crippen LogP contribution in [0.5, 0.6) is 0 Å². The Labute approximate surface area is 100 Å². The smallest absolute Gasteiger partial charge is 0.0726 e. The monoisotopic (exact) mass is 228 g/mol. The molecule has 1 heterocycles. The number of unbranched alkanes of at least 4 members (excludes halogenated alkanes) is 1. The second-order valence-corrected chi connectivity index (χ2v) is 5.42. The van der Waals surface area contributed by atoms with Gasteiger partial charge in [0.1, 0.15) is 0 Å². The van der Waals surface area contributed by atoms with Crippen LogP contribution in [0.15, 0.2) is 0 Å². The predicted octanol–water partition coefficient (Wildman–Crippen LogP) is 1.92. The lowest BCUT2D eigenvalue weighted by Crippen LogP contribution is -2.48. The van der Waals surface area contributed by atoms with Crippen LogP contribution in [0.4, 0.5) is 0 Å². The molecule has 2 N–H and O–H groups in total. The Bertz CT molecular complexity index is 196. The highest BCUT2D eigenvalue weighted by Crippen LogP contribution is 2.24. The van der Waals surface area contributed by atoms with E-state index < -0.39 is 0 Å². The summed E-state index contributed by atoms with van der Waals surface area (Å²) in [4.78, 5) is 0. The third kappa shape index (κ3) is 4.40. The van der Waals surface area contributed by atoms with E-state index in [0.29, 0.717) is 12.1 Å². The predicted molar refractivity (Wildman–Crippen MR) is 68.8 cm³/mol. The molecular weight excluding hydrogens is 200 g/mol. The molecule has 1 rings (SSSR count). The number of hydrogen-bond donors (Lipinski definition) is 2. The fraction of sp³-hybridized carbons (Fsp3) is 1.00. The highest BCUT2D eigenvalue weighted by molar-refractivity contribution is 4.93. The van der Waals surface area contributed by atoms with E-state index in [9.17, 15) is 0 Å². The minimum Gasteiger partial charge on any atom is -0.377 e. The molecule has 3 heteroatoms. The molecule has 1 saturated heterocycles. The van der Waals surface area contributed by atoms with Crippen molar-refractivity contribution in [1.82, 2.24) is 10.6 Å². The first-order valence-corrected chi connectivity index (χ1v) is 6.64. The molecule has 3 nitrogen and oxygen atoms in total. The molecule has 0 aromatic carbocycles. The lowest BCUT2D eigenvalue weighted by atomic mass is 9.94. The van der Waals surface area contributed by atoms with Gasteiger partial charge in [0.05, 0.1) is 6.10 Å². The van der Waals surface area contributed by atoms with Gasteiger partial charge in [0.2, 0.25) is 0 Å². The average molecular weight is 228 g/mol. The molecule has 2 atom stereocenters. The Morgan fingerprint density at radius 3 is 2.56 bits per heavy atom. The fourth-order valence-electron chi connectivity index (χ4n) is 2.08. The summed E-state index contributed by atoms with van der Waals surface area (Å²) in [6.45, 7) is 12.0. The maximum absolute atomic E-state index is 5.60. The molecule has 0 aliphatic carbocycles. The molecular formula is C13H28N2O. The van der Waals surface area contributed by atoms with E-state index in [-0.39, 0.29) is 5.54 Å². The van der Waals surface area contributed by atoms with Crippen molar-refractivity contribution < 1.29 is 4.74 Å². The van der Waals surface area contributed by atoms with Crippen molar-refractivity contribution in [2.24, 2.45) is 0 Å². The van der Waals surface area contributed by atoms with Crippen LogP contribution in [-0.2, 0) is 4.74 Å². The van der Waals surface area contributed by atoms with Gasteiger partial charge < -0.3 is 15.4 Å². The highest BCUT2D eigenvalue weighted by atomic mass is 16.5. The largest absolute Gasteiger partial charge is 0.377 e. The van der Waals surface area contributed by atoms with Gasteiger partial charge in [-0.15, -0.1) is 0 Å². The van der Waals surface area contributed by atoms with E-state index >= 15 is 0 Å². The van der Waals surface area contributed by atoms with Crippen molar-refractivity contribution in [3.63, 3.8) is 0 Å². The molecule has 1 aliphatic heterocycles. The van der Waals surface area contributed by atoms with Crippen LogP contribution < -0.4 is 10.6 Å². The Hall–Kier alpha value is -0.120. The maximum Gasteiger partial charge on any atom is 0.0726 e. The van der Waals surface area contributed by atoms with Crippen molar-refractivity contribution in [1.29, 1.82) is 0 Å². The van der Waals surface area contributed by atoms with Crippen molar-refractivity contribution in [3.05, 3.63) is 0 Å². The maximum atomic E-state index is 5.60. The first kappa shape index (κ1) is 13.9. The van der Waals surface area contributed by atoms with Crippen molar-refractivity contribution >= 4 is 0 Å². The van der Waals surface area contributed by atoms with Gasteiger partial charge in [0, 0.05) is 18.2 Å². The summed E-state index contributed by atoms with van der Waals surface area (Å²) in [5.41, 5.74) is 0.200. The molecule has 0 aromatic rings. The Morgan fingerprint density at radius 1 is 1.31 bits per heavy atom. The molecule has 96 valence electrons. The summed E-state index contributed by atoms with van der Waals surface area (Å²) >= 11 is 0. The summed E-state index contributed by atoms with van der Waals surface area (Å²) in [5.74, 6) is 0. The van der Waals surface area contributed by atoms with E-state index in [1.807, 2.05) is 0 Å². The molecule has 1 fully saturated rings. The van der Waals surface area contributed by atoms with Gasteiger partial charge in [-0.25, -0.2) is 0 Å². The molecule has 1 aliphatic rings. The zero-order chi connectivity index (χ0) is 12.0. The summed E-state index contributed by atoms with van der Waals surface area (Å²) in [5, 5.41) is 7.08. The van der Waals surface area contributed by atoms with Crippen LogP contribution in [0.2, 0.25) is 0 Å². The minimum atomic E-state index is 0.200. The fourth-order valence-corrected chi connectivity index (χ4v) is 2.08. The lowest BCUT2D eigenvalue weighted by Gasteiger charge is -2.29. The van der Waals surface area contributed by atoms with Gasteiger partial charge in [0.15, 0.2) is 0 Å². The third-order valence-electron chi connectivity index (χ3n) is 3.57. The zero-order valence-corrected chi connectivity index (χ0v) is 11.3. The summed E-state index contributed by atoms with van der Waals surface area (Å²) in [7, 11) is 0. The molecule has 0 amide bonds. The normalized spacial score (nSPS) is 30.2. The molecule has 0 radical (unpaired) electrons. The van der Waals surface area contributed by atoms with Gasteiger partial charge in [-0.1, -0.05) is 13.8 Å². The molecule has 0 bridgehead atoms. The van der Waals surface area contributed by atoms with Crippen molar-refractivity contribution in [3.8, 4) is 0 Å². The molecule has 2 unspecified atom stereocenters. The topological polar surface area (TPSA) is 33.3 Å². The van der Waals surface area contributed by atoms with Crippen LogP contribution >= 0.6 is 0 Å². The highest BCUT2D eigenvalue weighted by Gasteiger charge is 2.35. The van der Waals surface area contributed by atoms with E-state index in [1.165, 1.54) is 12.8 Å². The first-order valence-electron chi connectivity index (χ1n) is 6.64. The van der Waals surface area contributed by atoms with Gasteiger partial charge in [-0.2, -0.15) is 0 Å². The van der Waals surface area contributed by atoms with Gasteiger partial charge in [-0.3, -0.25) is 0 Å². The second-order valence-electron chi connectivity index (χ2n) is 5.42. The number of nitrogens with one attached hydrogen (secondary N) is 2. The van der Waals surface area contributed by atoms with Crippen LogP contribution in [0.25, 0.3) is 0 Å². The number of hydrogen-bond acceptors (Lipinski definition) is 3. The first-order chi connectivity index (χ1) is 7.54. The Balaban J connectivity index is 2.02. The minimum absolute atomic E-state index is 0.200. The summed E-state index contributed by atoms with van der Waals surface area (Å²) in [6.07, 6.45) is 3.97. The molecule has 0 aromatic heterocycles. The quantitative estimate of drug-likeness (QED) is 0.653. The van der Waals surface area contributed by atoms with E-state index in [4.69, 9.17) is 4.74 Å². The summed E-state index contributed by atoms with van der Waals surface area (Å²) < 4.78 is 5.60. The second kappa shape index (κ2) is 6.58. The Morgan fingerprint density at radius 2 is 2.00 bits per heavy atom. The van der Waals surface area contributed by atoms with Crippen LogP contribution in [0, 0.1) is 0 Å². The van der Waals surface area contributed by atoms with Crippen LogP contribution in [0.1, 0.15) is 47.0 Å². The molecule has 0 spiro atoms. The van der Waals surface area contributed by atoms with Crippen molar-refractivity contribution in [2.75, 3.05) is 19.7 Å². The third-order valence-corrected chi connectivity index (χ3v) is 3.57. The molecule has 0 saturated carbocycles. The van der Waals surface area contributed by atoms with E-state index in [0.717, 1.165) is 26.1 Å². The van der Waals surface area contributed by atoms with Gasteiger partial charge >= 0.3 is 0 Å². The van der Waals surface area contributed by atoms with E-state index in [1.54, 1.807) is 0 Å². The molecule has 16 heavy (non-hydrogen) atoms.